The third-order valence-corrected chi connectivity index (χ3v) is 2.89. The van der Waals surface area contributed by atoms with E-state index in [2.05, 4.69) is 15.5 Å². The molecule has 0 aliphatic heterocycles. The molecule has 0 aliphatic rings. The fraction of sp³-hybridized carbons (Fsp3) is 0.286. The molecule has 0 fully saturated rings. The number of benzene rings is 1. The molecule has 2 aromatic rings. The lowest BCUT2D eigenvalue weighted by Gasteiger charge is -2.06. The van der Waals surface area contributed by atoms with Crippen LogP contribution in [0, 0.1) is 6.92 Å². The number of amides is 1. The van der Waals surface area contributed by atoms with E-state index in [4.69, 9.17) is 0 Å². The van der Waals surface area contributed by atoms with Gasteiger partial charge in [-0.25, -0.2) is 0 Å². The summed E-state index contributed by atoms with van der Waals surface area (Å²) in [6, 6.07) is 9.86. The Labute approximate surface area is 106 Å². The topological polar surface area (TPSA) is 57.8 Å². The van der Waals surface area contributed by atoms with E-state index in [9.17, 15) is 4.79 Å². The second-order valence-corrected chi connectivity index (χ2v) is 4.29. The SMILES string of the molecule is Cc1ccccc1CC(=O)NCCc1ccn[nH]1. The zero-order valence-corrected chi connectivity index (χ0v) is 10.4. The first kappa shape index (κ1) is 12.4. The average Bonchev–Trinajstić information content (AvgIpc) is 2.85. The Kier molecular flexibility index (Phi) is 4.12. The van der Waals surface area contributed by atoms with Crippen LogP contribution >= 0.6 is 0 Å². The summed E-state index contributed by atoms with van der Waals surface area (Å²) in [5, 5.41) is 9.64. The minimum absolute atomic E-state index is 0.0591. The monoisotopic (exact) mass is 243 g/mol. The van der Waals surface area contributed by atoms with Crippen LogP contribution in [0.4, 0.5) is 0 Å². The highest BCUT2D eigenvalue weighted by Gasteiger charge is 2.05. The molecule has 1 aromatic carbocycles. The maximum Gasteiger partial charge on any atom is 0.224 e. The molecule has 0 bridgehead atoms. The number of hydrogen-bond acceptors (Lipinski definition) is 2. The van der Waals surface area contributed by atoms with E-state index >= 15 is 0 Å². The van der Waals surface area contributed by atoms with Crippen molar-refractivity contribution >= 4 is 5.91 Å². The fourth-order valence-electron chi connectivity index (χ4n) is 1.80. The summed E-state index contributed by atoms with van der Waals surface area (Å²) in [4.78, 5) is 11.8. The first-order valence-corrected chi connectivity index (χ1v) is 6.05. The van der Waals surface area contributed by atoms with Crippen molar-refractivity contribution in [3.8, 4) is 0 Å². The van der Waals surface area contributed by atoms with Crippen molar-refractivity contribution in [2.45, 2.75) is 19.8 Å². The molecule has 1 heterocycles. The smallest absolute Gasteiger partial charge is 0.224 e. The number of aryl methyl sites for hydroxylation is 1. The molecule has 0 atom stereocenters. The van der Waals surface area contributed by atoms with Crippen molar-refractivity contribution in [3.05, 3.63) is 53.3 Å². The Morgan fingerprint density at radius 1 is 1.33 bits per heavy atom. The van der Waals surface area contributed by atoms with Gasteiger partial charge in [0.25, 0.3) is 0 Å². The fourth-order valence-corrected chi connectivity index (χ4v) is 1.80. The van der Waals surface area contributed by atoms with Gasteiger partial charge in [0, 0.05) is 24.9 Å². The second kappa shape index (κ2) is 6.00. The van der Waals surface area contributed by atoms with Crippen LogP contribution in [-0.2, 0) is 17.6 Å². The molecule has 94 valence electrons. The van der Waals surface area contributed by atoms with Crippen LogP contribution in [0.3, 0.4) is 0 Å². The molecule has 0 unspecified atom stereocenters. The predicted molar refractivity (Wildman–Crippen MR) is 70.2 cm³/mol. The highest BCUT2D eigenvalue weighted by Crippen LogP contribution is 2.07. The Morgan fingerprint density at radius 3 is 2.89 bits per heavy atom. The number of aromatic nitrogens is 2. The third kappa shape index (κ3) is 3.45. The molecule has 1 amide bonds. The summed E-state index contributed by atoms with van der Waals surface area (Å²) in [6.45, 7) is 2.65. The van der Waals surface area contributed by atoms with Crippen LogP contribution in [0.2, 0.25) is 0 Å². The molecule has 0 radical (unpaired) electrons. The predicted octanol–water partition coefficient (Wildman–Crippen LogP) is 1.62. The first-order chi connectivity index (χ1) is 8.75. The van der Waals surface area contributed by atoms with Crippen LogP contribution in [0.25, 0.3) is 0 Å². The molecule has 0 saturated carbocycles. The Hall–Kier alpha value is -2.10. The van der Waals surface area contributed by atoms with Crippen LogP contribution in [0.5, 0.6) is 0 Å². The number of rotatable bonds is 5. The molecule has 2 rings (SSSR count). The summed E-state index contributed by atoms with van der Waals surface area (Å²) >= 11 is 0. The van der Waals surface area contributed by atoms with Gasteiger partial charge < -0.3 is 5.32 Å². The minimum atomic E-state index is 0.0591. The number of H-pyrrole nitrogens is 1. The number of hydrogen-bond donors (Lipinski definition) is 2. The molecule has 0 saturated heterocycles. The van der Waals surface area contributed by atoms with Gasteiger partial charge >= 0.3 is 0 Å². The molecule has 18 heavy (non-hydrogen) atoms. The largest absolute Gasteiger partial charge is 0.355 e. The van der Waals surface area contributed by atoms with Gasteiger partial charge in [-0.15, -0.1) is 0 Å². The first-order valence-electron chi connectivity index (χ1n) is 6.05. The van der Waals surface area contributed by atoms with Crippen molar-refractivity contribution in [2.75, 3.05) is 6.54 Å². The van der Waals surface area contributed by atoms with Gasteiger partial charge in [0.1, 0.15) is 0 Å². The Morgan fingerprint density at radius 2 is 2.17 bits per heavy atom. The molecule has 2 N–H and O–H groups in total. The van der Waals surface area contributed by atoms with Gasteiger partial charge in [-0.3, -0.25) is 9.89 Å². The molecule has 4 nitrogen and oxygen atoms in total. The van der Waals surface area contributed by atoms with E-state index in [1.54, 1.807) is 6.20 Å². The number of nitrogens with zero attached hydrogens (tertiary/aromatic N) is 1. The average molecular weight is 243 g/mol. The molecule has 0 spiro atoms. The number of carbonyl (C=O) groups excluding carboxylic acids is 1. The van der Waals surface area contributed by atoms with Gasteiger partial charge in [-0.2, -0.15) is 5.10 Å². The molecule has 1 aromatic heterocycles. The van der Waals surface area contributed by atoms with E-state index in [1.165, 1.54) is 0 Å². The molecular formula is C14H17N3O. The van der Waals surface area contributed by atoms with Crippen LogP contribution in [-0.4, -0.2) is 22.6 Å². The van der Waals surface area contributed by atoms with E-state index in [-0.39, 0.29) is 5.91 Å². The van der Waals surface area contributed by atoms with Crippen molar-refractivity contribution < 1.29 is 4.79 Å². The van der Waals surface area contributed by atoms with Gasteiger partial charge in [0.15, 0.2) is 0 Å². The number of nitrogens with one attached hydrogen (secondary N) is 2. The highest BCUT2D eigenvalue weighted by atomic mass is 16.1. The van der Waals surface area contributed by atoms with Gasteiger partial charge in [-0.05, 0) is 24.1 Å². The minimum Gasteiger partial charge on any atom is -0.355 e. The summed E-state index contributed by atoms with van der Waals surface area (Å²) in [7, 11) is 0. The lowest BCUT2D eigenvalue weighted by Crippen LogP contribution is -2.27. The van der Waals surface area contributed by atoms with Crippen LogP contribution in [0.15, 0.2) is 36.5 Å². The Balaban J connectivity index is 1.77. The van der Waals surface area contributed by atoms with Crippen molar-refractivity contribution in [3.63, 3.8) is 0 Å². The standard InChI is InChI=1S/C14H17N3O/c1-11-4-2-3-5-12(11)10-14(18)15-8-6-13-7-9-16-17-13/h2-5,7,9H,6,8,10H2,1H3,(H,15,18)(H,16,17). The van der Waals surface area contributed by atoms with E-state index < -0.39 is 0 Å². The van der Waals surface area contributed by atoms with E-state index in [0.717, 1.165) is 23.2 Å². The molecular weight excluding hydrogens is 226 g/mol. The normalized spacial score (nSPS) is 10.3. The van der Waals surface area contributed by atoms with Crippen molar-refractivity contribution in [1.82, 2.24) is 15.5 Å². The lowest BCUT2D eigenvalue weighted by atomic mass is 10.1. The van der Waals surface area contributed by atoms with Crippen LogP contribution < -0.4 is 5.32 Å². The summed E-state index contributed by atoms with van der Waals surface area (Å²) < 4.78 is 0. The zero-order valence-electron chi connectivity index (χ0n) is 10.4. The summed E-state index contributed by atoms with van der Waals surface area (Å²) in [5.74, 6) is 0.0591. The third-order valence-electron chi connectivity index (χ3n) is 2.89. The van der Waals surface area contributed by atoms with E-state index in [0.29, 0.717) is 13.0 Å². The lowest BCUT2D eigenvalue weighted by molar-refractivity contribution is -0.120. The number of carbonyl (C=O) groups is 1. The quantitative estimate of drug-likeness (QED) is 0.838. The summed E-state index contributed by atoms with van der Waals surface area (Å²) in [5.41, 5.74) is 3.27. The highest BCUT2D eigenvalue weighted by molar-refractivity contribution is 5.78. The Bertz CT molecular complexity index is 506. The summed E-state index contributed by atoms with van der Waals surface area (Å²) in [6.07, 6.45) is 2.93. The number of aromatic amines is 1. The second-order valence-electron chi connectivity index (χ2n) is 4.29. The van der Waals surface area contributed by atoms with Crippen molar-refractivity contribution in [2.24, 2.45) is 0 Å². The van der Waals surface area contributed by atoms with Gasteiger partial charge in [0.2, 0.25) is 5.91 Å². The maximum absolute atomic E-state index is 11.8. The van der Waals surface area contributed by atoms with Gasteiger partial charge in [0.05, 0.1) is 6.42 Å². The van der Waals surface area contributed by atoms with E-state index in [1.807, 2.05) is 37.3 Å². The molecule has 0 aliphatic carbocycles. The van der Waals surface area contributed by atoms with Crippen molar-refractivity contribution in [1.29, 1.82) is 0 Å². The molecule has 4 heteroatoms. The van der Waals surface area contributed by atoms with Gasteiger partial charge in [-0.1, -0.05) is 24.3 Å². The van der Waals surface area contributed by atoms with Crippen LogP contribution in [0.1, 0.15) is 16.8 Å². The maximum atomic E-state index is 11.8. The zero-order chi connectivity index (χ0) is 12.8.